The summed E-state index contributed by atoms with van der Waals surface area (Å²) in [6.45, 7) is 7.36. The van der Waals surface area contributed by atoms with Crippen LogP contribution in [0.5, 0.6) is 5.75 Å². The molecule has 2 heterocycles. The molecule has 6 heteroatoms. The molecule has 0 radical (unpaired) electrons. The van der Waals surface area contributed by atoms with Crippen LogP contribution in [0.1, 0.15) is 33.1 Å². The molecule has 0 aliphatic carbocycles. The summed E-state index contributed by atoms with van der Waals surface area (Å²) in [5, 5.41) is 0. The van der Waals surface area contributed by atoms with Gasteiger partial charge in [0.15, 0.2) is 0 Å². The quantitative estimate of drug-likeness (QED) is 0.827. The molecule has 0 saturated carbocycles. The van der Waals surface area contributed by atoms with E-state index in [9.17, 15) is 8.42 Å². The van der Waals surface area contributed by atoms with Gasteiger partial charge in [0.05, 0.1) is 11.0 Å². The molecular formula is C17H26N2O3S. The van der Waals surface area contributed by atoms with E-state index in [1.165, 1.54) is 12.8 Å². The maximum atomic E-state index is 12.8. The summed E-state index contributed by atoms with van der Waals surface area (Å²) < 4.78 is 32.8. The number of benzene rings is 1. The minimum Gasteiger partial charge on any atom is -0.491 e. The lowest BCUT2D eigenvalue weighted by Crippen LogP contribution is -2.37. The summed E-state index contributed by atoms with van der Waals surface area (Å²) in [5.74, 6) is 0.704. The van der Waals surface area contributed by atoms with E-state index in [-0.39, 0.29) is 6.10 Å². The Morgan fingerprint density at radius 1 is 1.09 bits per heavy atom. The van der Waals surface area contributed by atoms with Crippen molar-refractivity contribution in [3.63, 3.8) is 0 Å². The number of nitrogens with zero attached hydrogens (tertiary/aromatic N) is 2. The molecular weight excluding hydrogens is 312 g/mol. The Morgan fingerprint density at radius 2 is 1.74 bits per heavy atom. The topological polar surface area (TPSA) is 49.9 Å². The van der Waals surface area contributed by atoms with Crippen molar-refractivity contribution in [1.29, 1.82) is 0 Å². The Kier molecular flexibility index (Phi) is 4.94. The van der Waals surface area contributed by atoms with Crippen molar-refractivity contribution in [3.05, 3.63) is 24.3 Å². The van der Waals surface area contributed by atoms with Gasteiger partial charge in [-0.15, -0.1) is 0 Å². The van der Waals surface area contributed by atoms with E-state index in [0.717, 1.165) is 19.5 Å². The zero-order valence-electron chi connectivity index (χ0n) is 13.9. The van der Waals surface area contributed by atoms with Crippen LogP contribution in [0.3, 0.4) is 0 Å². The summed E-state index contributed by atoms with van der Waals surface area (Å²) in [6.07, 6.45) is 3.49. The highest BCUT2D eigenvalue weighted by molar-refractivity contribution is 7.89. The number of hydrogen-bond donors (Lipinski definition) is 0. The molecule has 0 amide bonds. The Bertz CT molecular complexity index is 622. The number of ether oxygens (including phenoxy) is 1. The first-order valence-corrected chi connectivity index (χ1v) is 9.92. The van der Waals surface area contributed by atoms with Crippen LogP contribution in [0.25, 0.3) is 0 Å². The molecule has 1 atom stereocenters. The molecule has 1 unspecified atom stereocenters. The van der Waals surface area contributed by atoms with Crippen LogP contribution in [0, 0.1) is 0 Å². The fraction of sp³-hybridized carbons (Fsp3) is 0.647. The maximum absolute atomic E-state index is 12.8. The molecule has 23 heavy (non-hydrogen) atoms. The van der Waals surface area contributed by atoms with Gasteiger partial charge in [0, 0.05) is 19.1 Å². The van der Waals surface area contributed by atoms with Crippen molar-refractivity contribution < 1.29 is 13.2 Å². The first-order valence-electron chi connectivity index (χ1n) is 8.48. The van der Waals surface area contributed by atoms with E-state index in [1.54, 1.807) is 28.6 Å². The van der Waals surface area contributed by atoms with Crippen molar-refractivity contribution in [3.8, 4) is 5.75 Å². The summed E-state index contributed by atoms with van der Waals surface area (Å²) in [4.78, 5) is 2.80. The van der Waals surface area contributed by atoms with Crippen LogP contribution in [0.2, 0.25) is 0 Å². The van der Waals surface area contributed by atoms with E-state index in [1.807, 2.05) is 13.8 Å². The van der Waals surface area contributed by atoms with Gasteiger partial charge in [-0.25, -0.2) is 8.42 Å². The van der Waals surface area contributed by atoms with Crippen LogP contribution >= 0.6 is 0 Å². The van der Waals surface area contributed by atoms with E-state index in [4.69, 9.17) is 4.74 Å². The average Bonchev–Trinajstić information content (AvgIpc) is 3.18. The SMILES string of the molecule is CC(C)Oc1ccc(S(=O)(=O)N2CCC(N3CCCC3)C2)cc1. The van der Waals surface area contributed by atoms with Crippen molar-refractivity contribution in [2.45, 2.75) is 50.2 Å². The monoisotopic (exact) mass is 338 g/mol. The second-order valence-corrected chi connectivity index (χ2v) is 8.62. The second-order valence-electron chi connectivity index (χ2n) is 6.69. The normalized spacial score (nSPS) is 23.7. The molecule has 0 bridgehead atoms. The zero-order chi connectivity index (χ0) is 16.4. The molecule has 0 aromatic heterocycles. The van der Waals surface area contributed by atoms with Gasteiger partial charge in [-0.1, -0.05) is 0 Å². The van der Waals surface area contributed by atoms with Gasteiger partial charge in [0.2, 0.25) is 10.0 Å². The average molecular weight is 338 g/mol. The van der Waals surface area contributed by atoms with Gasteiger partial charge in [0.1, 0.15) is 5.75 Å². The van der Waals surface area contributed by atoms with Gasteiger partial charge in [-0.2, -0.15) is 4.31 Å². The summed E-state index contributed by atoms with van der Waals surface area (Å²) in [5.41, 5.74) is 0. The van der Waals surface area contributed by atoms with E-state index in [0.29, 0.717) is 29.8 Å². The highest BCUT2D eigenvalue weighted by Crippen LogP contribution is 2.26. The van der Waals surface area contributed by atoms with Crippen molar-refractivity contribution in [2.75, 3.05) is 26.2 Å². The molecule has 3 rings (SSSR count). The summed E-state index contributed by atoms with van der Waals surface area (Å²) in [6, 6.07) is 7.16. The van der Waals surface area contributed by atoms with Crippen LogP contribution in [-0.4, -0.2) is 55.9 Å². The highest BCUT2D eigenvalue weighted by Gasteiger charge is 2.35. The first-order chi connectivity index (χ1) is 11.0. The molecule has 5 nitrogen and oxygen atoms in total. The molecule has 1 aromatic rings. The highest BCUT2D eigenvalue weighted by atomic mass is 32.2. The minimum atomic E-state index is -3.40. The number of likely N-dealkylation sites (tertiary alicyclic amines) is 1. The minimum absolute atomic E-state index is 0.0808. The molecule has 128 valence electrons. The third-order valence-corrected chi connectivity index (χ3v) is 6.50. The zero-order valence-corrected chi connectivity index (χ0v) is 14.8. The molecule has 2 aliphatic rings. The van der Waals surface area contributed by atoms with Crippen molar-refractivity contribution in [1.82, 2.24) is 9.21 Å². The van der Waals surface area contributed by atoms with Crippen LogP contribution in [-0.2, 0) is 10.0 Å². The molecule has 0 N–H and O–H groups in total. The smallest absolute Gasteiger partial charge is 0.243 e. The van der Waals surface area contributed by atoms with Gasteiger partial charge in [0.25, 0.3) is 0 Å². The van der Waals surface area contributed by atoms with E-state index >= 15 is 0 Å². The van der Waals surface area contributed by atoms with Crippen molar-refractivity contribution >= 4 is 10.0 Å². The van der Waals surface area contributed by atoms with Gasteiger partial charge in [-0.3, -0.25) is 4.90 Å². The van der Waals surface area contributed by atoms with E-state index < -0.39 is 10.0 Å². The Balaban J connectivity index is 1.69. The Hall–Kier alpha value is -1.11. The molecule has 2 saturated heterocycles. The predicted molar refractivity (Wildman–Crippen MR) is 90.2 cm³/mol. The predicted octanol–water partition coefficient (Wildman–Crippen LogP) is 2.33. The third-order valence-electron chi connectivity index (χ3n) is 4.62. The number of hydrogen-bond acceptors (Lipinski definition) is 4. The summed E-state index contributed by atoms with van der Waals surface area (Å²) >= 11 is 0. The molecule has 2 fully saturated rings. The van der Waals surface area contributed by atoms with E-state index in [2.05, 4.69) is 4.90 Å². The van der Waals surface area contributed by atoms with Gasteiger partial charge in [-0.05, 0) is 70.5 Å². The number of sulfonamides is 1. The van der Waals surface area contributed by atoms with Gasteiger partial charge < -0.3 is 4.74 Å². The first kappa shape index (κ1) is 16.7. The summed E-state index contributed by atoms with van der Waals surface area (Å²) in [7, 11) is -3.40. The van der Waals surface area contributed by atoms with Crippen LogP contribution < -0.4 is 4.74 Å². The molecule has 2 aliphatic heterocycles. The van der Waals surface area contributed by atoms with Crippen LogP contribution in [0.4, 0.5) is 0 Å². The standard InChI is InChI=1S/C17H26N2O3S/c1-14(2)22-16-5-7-17(8-6-16)23(20,21)19-12-9-15(13-19)18-10-3-4-11-18/h5-8,14-15H,3-4,9-13H2,1-2H3. The Morgan fingerprint density at radius 3 is 2.35 bits per heavy atom. The van der Waals surface area contributed by atoms with Gasteiger partial charge >= 0.3 is 0 Å². The molecule has 1 aromatic carbocycles. The molecule has 0 spiro atoms. The second kappa shape index (κ2) is 6.79. The lowest BCUT2D eigenvalue weighted by atomic mass is 10.2. The van der Waals surface area contributed by atoms with Crippen LogP contribution in [0.15, 0.2) is 29.2 Å². The van der Waals surface area contributed by atoms with Crippen molar-refractivity contribution in [2.24, 2.45) is 0 Å². The lowest BCUT2D eigenvalue weighted by molar-refractivity contribution is 0.242. The largest absolute Gasteiger partial charge is 0.491 e. The third kappa shape index (κ3) is 3.70. The fourth-order valence-electron chi connectivity index (χ4n) is 3.45. The number of rotatable bonds is 5. The Labute approximate surface area is 139 Å². The maximum Gasteiger partial charge on any atom is 0.243 e. The fourth-order valence-corrected chi connectivity index (χ4v) is 4.94. The lowest BCUT2D eigenvalue weighted by Gasteiger charge is -2.23.